The number of carbonyl (C=O) groups excluding carboxylic acids is 1. The molecule has 0 N–H and O–H groups in total. The van der Waals surface area contributed by atoms with E-state index in [1.54, 1.807) is 14.2 Å². The van der Waals surface area contributed by atoms with Gasteiger partial charge in [-0.2, -0.15) is 5.26 Å². The van der Waals surface area contributed by atoms with Crippen molar-refractivity contribution in [3.63, 3.8) is 0 Å². The van der Waals surface area contributed by atoms with Gasteiger partial charge in [-0.15, -0.1) is 0 Å². The predicted octanol–water partition coefficient (Wildman–Crippen LogP) is 6.00. The number of rotatable bonds is 5. The van der Waals surface area contributed by atoms with Crippen molar-refractivity contribution in [2.75, 3.05) is 14.2 Å². The van der Waals surface area contributed by atoms with Crippen LogP contribution in [0.5, 0.6) is 11.5 Å². The van der Waals surface area contributed by atoms with Crippen LogP contribution in [0.2, 0.25) is 0 Å². The van der Waals surface area contributed by atoms with Gasteiger partial charge in [-0.1, -0.05) is 54.6 Å². The fraction of sp³-hybridized carbons (Fsp3) is 0.172. The van der Waals surface area contributed by atoms with Crippen LogP contribution in [0, 0.1) is 11.3 Å². The lowest BCUT2D eigenvalue weighted by atomic mass is 9.66. The number of hydrogen-bond acceptors (Lipinski definition) is 4. The van der Waals surface area contributed by atoms with Gasteiger partial charge < -0.3 is 9.47 Å². The average molecular weight is 436 g/mol. The zero-order valence-electron chi connectivity index (χ0n) is 18.7. The summed E-state index contributed by atoms with van der Waals surface area (Å²) in [6.45, 7) is 0. The van der Waals surface area contributed by atoms with E-state index in [1.165, 1.54) is 0 Å². The second-order valence-corrected chi connectivity index (χ2v) is 8.13. The van der Waals surface area contributed by atoms with Gasteiger partial charge in [-0.05, 0) is 65.9 Å². The highest BCUT2D eigenvalue weighted by molar-refractivity contribution is 6.14. The molecule has 164 valence electrons. The van der Waals surface area contributed by atoms with E-state index in [-0.39, 0.29) is 5.78 Å². The van der Waals surface area contributed by atoms with Crippen molar-refractivity contribution in [3.05, 3.63) is 107 Å². The Hall–Kier alpha value is -4.10. The monoisotopic (exact) mass is 435 g/mol. The minimum Gasteiger partial charge on any atom is -0.497 e. The van der Waals surface area contributed by atoms with Crippen molar-refractivity contribution >= 4 is 17.9 Å². The van der Waals surface area contributed by atoms with Crippen molar-refractivity contribution in [2.45, 2.75) is 18.3 Å². The Bertz CT molecular complexity index is 1200. The summed E-state index contributed by atoms with van der Waals surface area (Å²) in [7, 11) is 3.23. The number of ether oxygens (including phenoxy) is 2. The van der Waals surface area contributed by atoms with E-state index in [2.05, 4.69) is 6.07 Å². The number of carbonyl (C=O) groups is 1. The fourth-order valence-corrected chi connectivity index (χ4v) is 4.28. The molecule has 1 aliphatic rings. The average Bonchev–Trinajstić information content (AvgIpc) is 2.87. The van der Waals surface area contributed by atoms with Crippen molar-refractivity contribution in [1.82, 2.24) is 0 Å². The first-order valence-electron chi connectivity index (χ1n) is 10.8. The van der Waals surface area contributed by atoms with Gasteiger partial charge in [0.05, 0.1) is 25.7 Å². The number of hydrogen-bond donors (Lipinski definition) is 0. The van der Waals surface area contributed by atoms with Gasteiger partial charge in [0.2, 0.25) is 0 Å². The van der Waals surface area contributed by atoms with Gasteiger partial charge in [0.1, 0.15) is 11.5 Å². The Kier molecular flexibility index (Phi) is 6.42. The van der Waals surface area contributed by atoms with Crippen LogP contribution in [0.3, 0.4) is 0 Å². The van der Waals surface area contributed by atoms with E-state index >= 15 is 0 Å². The molecule has 3 aromatic rings. The van der Waals surface area contributed by atoms with Crippen molar-refractivity contribution in [3.8, 4) is 17.6 Å². The lowest BCUT2D eigenvalue weighted by molar-refractivity contribution is -0.113. The molecule has 4 heteroatoms. The number of benzene rings is 3. The molecule has 1 aliphatic carbocycles. The predicted molar refractivity (Wildman–Crippen MR) is 130 cm³/mol. The molecule has 0 radical (unpaired) electrons. The molecule has 0 spiro atoms. The lowest BCUT2D eigenvalue weighted by Crippen LogP contribution is -2.33. The molecule has 0 aliphatic heterocycles. The SMILES string of the molecule is COc1cccc(/C=C2\CC(C#N)(c3ccccc3)C/C(=C\c3cccc(OC)c3)C2=O)c1. The second kappa shape index (κ2) is 9.58. The van der Waals surface area contributed by atoms with Crippen LogP contribution >= 0.6 is 0 Å². The van der Waals surface area contributed by atoms with E-state index in [4.69, 9.17) is 9.47 Å². The molecule has 4 rings (SSSR count). The Balaban J connectivity index is 1.84. The molecular weight excluding hydrogens is 410 g/mol. The van der Waals surface area contributed by atoms with E-state index in [9.17, 15) is 10.1 Å². The molecule has 3 aromatic carbocycles. The maximum Gasteiger partial charge on any atom is 0.185 e. The second-order valence-electron chi connectivity index (χ2n) is 8.13. The van der Waals surface area contributed by atoms with Crippen LogP contribution in [0.25, 0.3) is 12.2 Å². The summed E-state index contributed by atoms with van der Waals surface area (Å²) in [5.41, 5.74) is 3.02. The van der Waals surface area contributed by atoms with Crippen LogP contribution in [-0.4, -0.2) is 20.0 Å². The highest BCUT2D eigenvalue weighted by atomic mass is 16.5. The third-order valence-corrected chi connectivity index (χ3v) is 5.98. The molecule has 0 atom stereocenters. The normalized spacial score (nSPS) is 20.5. The molecule has 4 nitrogen and oxygen atoms in total. The summed E-state index contributed by atoms with van der Waals surface area (Å²) >= 11 is 0. The minimum absolute atomic E-state index is 0.0394. The zero-order chi connectivity index (χ0) is 23.3. The summed E-state index contributed by atoms with van der Waals surface area (Å²) in [5.74, 6) is 1.39. The fourth-order valence-electron chi connectivity index (χ4n) is 4.28. The number of methoxy groups -OCH3 is 2. The topological polar surface area (TPSA) is 59.3 Å². The highest BCUT2D eigenvalue weighted by Gasteiger charge is 2.41. The number of ketones is 1. The molecule has 0 amide bonds. The molecule has 1 saturated carbocycles. The summed E-state index contributed by atoms with van der Waals surface area (Å²) in [5, 5.41) is 10.4. The molecule has 0 heterocycles. The highest BCUT2D eigenvalue weighted by Crippen LogP contribution is 2.43. The van der Waals surface area contributed by atoms with Crippen LogP contribution < -0.4 is 9.47 Å². The van der Waals surface area contributed by atoms with Gasteiger partial charge in [-0.3, -0.25) is 4.79 Å². The van der Waals surface area contributed by atoms with Gasteiger partial charge in [0.25, 0.3) is 0 Å². The molecule has 0 aromatic heterocycles. The number of Topliss-reactive ketones (excluding diaryl/α,β-unsaturated/α-hetero) is 1. The third kappa shape index (κ3) is 4.73. The van der Waals surface area contributed by atoms with Gasteiger partial charge in [-0.25, -0.2) is 0 Å². The first kappa shape index (κ1) is 22.1. The first-order valence-corrected chi connectivity index (χ1v) is 10.8. The van der Waals surface area contributed by atoms with Crippen LogP contribution in [0.4, 0.5) is 0 Å². The van der Waals surface area contributed by atoms with Gasteiger partial charge in [0, 0.05) is 11.1 Å². The summed E-state index contributed by atoms with van der Waals surface area (Å²) in [6, 6.07) is 27.4. The van der Waals surface area contributed by atoms with Crippen molar-refractivity contribution in [2.24, 2.45) is 0 Å². The maximum absolute atomic E-state index is 13.6. The number of allylic oxidation sites excluding steroid dienone is 2. The Morgan fingerprint density at radius 3 is 1.76 bits per heavy atom. The first-order chi connectivity index (χ1) is 16.1. The van der Waals surface area contributed by atoms with Crippen LogP contribution in [0.1, 0.15) is 29.5 Å². The molecule has 0 unspecified atom stereocenters. The van der Waals surface area contributed by atoms with Gasteiger partial charge >= 0.3 is 0 Å². The summed E-state index contributed by atoms with van der Waals surface area (Å²) < 4.78 is 10.7. The number of nitriles is 1. The molecule has 0 bridgehead atoms. The van der Waals surface area contributed by atoms with Gasteiger partial charge in [0.15, 0.2) is 5.78 Å². The van der Waals surface area contributed by atoms with Crippen molar-refractivity contribution < 1.29 is 14.3 Å². The summed E-state index contributed by atoms with van der Waals surface area (Å²) in [4.78, 5) is 13.6. The smallest absolute Gasteiger partial charge is 0.185 e. The third-order valence-electron chi connectivity index (χ3n) is 5.98. The minimum atomic E-state index is -0.829. The Morgan fingerprint density at radius 2 is 1.30 bits per heavy atom. The van der Waals surface area contributed by atoms with Crippen molar-refractivity contribution in [1.29, 1.82) is 5.26 Å². The standard InChI is InChI=1S/C29H25NO3/c1-32-26-12-6-8-21(16-26)14-23-18-29(20-30,25-10-4-3-5-11-25)19-24(28(23)31)15-22-9-7-13-27(17-22)33-2/h3-17H,18-19H2,1-2H3/b23-14+,24-15+. The van der Waals surface area contributed by atoms with E-state index in [1.807, 2.05) is 91.0 Å². The molecular formula is C29H25NO3. The van der Waals surface area contributed by atoms with E-state index < -0.39 is 5.41 Å². The van der Waals surface area contributed by atoms with E-state index in [0.29, 0.717) is 24.0 Å². The maximum atomic E-state index is 13.6. The Labute approximate surface area is 194 Å². The largest absolute Gasteiger partial charge is 0.497 e. The number of nitrogens with zero attached hydrogens (tertiary/aromatic N) is 1. The lowest BCUT2D eigenvalue weighted by Gasteiger charge is -2.33. The molecule has 1 fully saturated rings. The van der Waals surface area contributed by atoms with Crippen LogP contribution in [0.15, 0.2) is 90.0 Å². The Morgan fingerprint density at radius 1 is 0.788 bits per heavy atom. The van der Waals surface area contributed by atoms with E-state index in [0.717, 1.165) is 28.2 Å². The summed E-state index contributed by atoms with van der Waals surface area (Å²) in [6.07, 6.45) is 4.44. The van der Waals surface area contributed by atoms with Crippen LogP contribution in [-0.2, 0) is 10.2 Å². The zero-order valence-corrected chi connectivity index (χ0v) is 18.7. The molecule has 0 saturated heterocycles. The molecule has 33 heavy (non-hydrogen) atoms. The quantitative estimate of drug-likeness (QED) is 0.462.